The second kappa shape index (κ2) is 4.14. The van der Waals surface area contributed by atoms with Crippen molar-refractivity contribution in [1.82, 2.24) is 0 Å². The second-order valence-corrected chi connectivity index (χ2v) is 5.13. The van der Waals surface area contributed by atoms with E-state index in [0.29, 0.717) is 10.8 Å². The summed E-state index contributed by atoms with van der Waals surface area (Å²) in [5.74, 6) is 1.43. The number of hydrogen-bond donors (Lipinski definition) is 1. The molecule has 0 amide bonds. The molecule has 0 radical (unpaired) electrons. The fourth-order valence-electron chi connectivity index (χ4n) is 1.15. The summed E-state index contributed by atoms with van der Waals surface area (Å²) in [6.45, 7) is 0.764. The molecular weight excluding hydrogens is 312 g/mol. The highest BCUT2D eigenvalue weighted by Crippen LogP contribution is 2.34. The third-order valence-electron chi connectivity index (χ3n) is 2.22. The number of benzene rings is 1. The SMILES string of the molecule is Nc1cc(OCC2CC2)c(Cl)cc1I. The minimum absolute atomic E-state index is 0.643. The Morgan fingerprint density at radius 3 is 2.86 bits per heavy atom. The van der Waals surface area contributed by atoms with Crippen molar-refractivity contribution in [1.29, 1.82) is 0 Å². The molecule has 2 N–H and O–H groups in total. The Morgan fingerprint density at radius 2 is 2.21 bits per heavy atom. The Balaban J connectivity index is 2.10. The van der Waals surface area contributed by atoms with E-state index in [0.717, 1.165) is 21.8 Å². The van der Waals surface area contributed by atoms with Crippen LogP contribution in [0.1, 0.15) is 12.8 Å². The first kappa shape index (κ1) is 10.4. The Kier molecular flexibility index (Phi) is 3.07. The summed E-state index contributed by atoms with van der Waals surface area (Å²) in [7, 11) is 0. The van der Waals surface area contributed by atoms with Gasteiger partial charge < -0.3 is 10.5 Å². The first-order chi connectivity index (χ1) is 6.66. The lowest BCUT2D eigenvalue weighted by atomic mass is 10.3. The van der Waals surface area contributed by atoms with Gasteiger partial charge in [-0.15, -0.1) is 0 Å². The van der Waals surface area contributed by atoms with Gasteiger partial charge in [0.15, 0.2) is 0 Å². The summed E-state index contributed by atoms with van der Waals surface area (Å²) >= 11 is 8.18. The van der Waals surface area contributed by atoms with E-state index in [2.05, 4.69) is 22.6 Å². The van der Waals surface area contributed by atoms with E-state index in [-0.39, 0.29) is 0 Å². The predicted octanol–water partition coefficient (Wildman–Crippen LogP) is 3.32. The molecule has 76 valence electrons. The summed E-state index contributed by atoms with van der Waals surface area (Å²) in [6.07, 6.45) is 2.55. The fourth-order valence-corrected chi connectivity index (χ4v) is 2.02. The van der Waals surface area contributed by atoms with Gasteiger partial charge in [0.1, 0.15) is 5.75 Å². The third kappa shape index (κ3) is 2.45. The Morgan fingerprint density at radius 1 is 1.50 bits per heavy atom. The van der Waals surface area contributed by atoms with Crippen LogP contribution in [0.15, 0.2) is 12.1 Å². The van der Waals surface area contributed by atoms with Crippen molar-refractivity contribution in [3.63, 3.8) is 0 Å². The Hall–Kier alpha value is -0.160. The van der Waals surface area contributed by atoms with E-state index < -0.39 is 0 Å². The summed E-state index contributed by atoms with van der Waals surface area (Å²) in [6, 6.07) is 3.63. The van der Waals surface area contributed by atoms with Gasteiger partial charge in [-0.05, 0) is 47.4 Å². The van der Waals surface area contributed by atoms with Gasteiger partial charge >= 0.3 is 0 Å². The smallest absolute Gasteiger partial charge is 0.140 e. The summed E-state index contributed by atoms with van der Waals surface area (Å²) < 4.78 is 6.55. The fraction of sp³-hybridized carbons (Fsp3) is 0.400. The third-order valence-corrected chi connectivity index (χ3v) is 3.45. The molecule has 0 aliphatic heterocycles. The monoisotopic (exact) mass is 323 g/mol. The van der Waals surface area contributed by atoms with Crippen LogP contribution in [0.3, 0.4) is 0 Å². The predicted molar refractivity (Wildman–Crippen MR) is 66.8 cm³/mol. The zero-order valence-corrected chi connectivity index (χ0v) is 10.5. The van der Waals surface area contributed by atoms with Gasteiger partial charge in [-0.2, -0.15) is 0 Å². The van der Waals surface area contributed by atoms with Gasteiger partial charge in [0, 0.05) is 15.3 Å². The van der Waals surface area contributed by atoms with Crippen LogP contribution in [0.2, 0.25) is 5.02 Å². The number of nitrogen functional groups attached to an aromatic ring is 1. The maximum atomic E-state index is 6.02. The first-order valence-corrected chi connectivity index (χ1v) is 6.00. The molecule has 1 aromatic rings. The summed E-state index contributed by atoms with van der Waals surface area (Å²) in [5, 5.41) is 0.643. The van der Waals surface area contributed by atoms with Crippen molar-refractivity contribution in [2.24, 2.45) is 5.92 Å². The summed E-state index contributed by atoms with van der Waals surface area (Å²) in [4.78, 5) is 0. The average Bonchev–Trinajstić information content (AvgIpc) is 2.92. The van der Waals surface area contributed by atoms with Crippen LogP contribution < -0.4 is 10.5 Å². The highest BCUT2D eigenvalue weighted by atomic mass is 127. The molecule has 1 aromatic carbocycles. The summed E-state index contributed by atoms with van der Waals surface area (Å²) in [5.41, 5.74) is 6.49. The van der Waals surface area contributed by atoms with Crippen LogP contribution in [-0.2, 0) is 0 Å². The highest BCUT2D eigenvalue weighted by Gasteiger charge is 2.22. The van der Waals surface area contributed by atoms with E-state index in [1.807, 2.05) is 6.07 Å². The normalized spacial score (nSPS) is 15.6. The zero-order chi connectivity index (χ0) is 10.1. The molecule has 4 heteroatoms. The Labute approximate surface area is 102 Å². The molecule has 0 heterocycles. The van der Waals surface area contributed by atoms with E-state index >= 15 is 0 Å². The van der Waals surface area contributed by atoms with Crippen LogP contribution >= 0.6 is 34.2 Å². The molecule has 2 rings (SSSR count). The van der Waals surface area contributed by atoms with Gasteiger partial charge in [-0.1, -0.05) is 11.6 Å². The van der Waals surface area contributed by atoms with Crippen molar-refractivity contribution in [2.75, 3.05) is 12.3 Å². The van der Waals surface area contributed by atoms with Crippen molar-refractivity contribution in [2.45, 2.75) is 12.8 Å². The van der Waals surface area contributed by atoms with Gasteiger partial charge in [0.2, 0.25) is 0 Å². The molecule has 1 aliphatic carbocycles. The van der Waals surface area contributed by atoms with Crippen molar-refractivity contribution >= 4 is 39.9 Å². The molecule has 2 nitrogen and oxygen atoms in total. The standard InChI is InChI=1S/C10H11ClINO/c11-7-3-8(12)9(13)4-10(7)14-5-6-1-2-6/h3-4,6H,1-2,5,13H2. The number of ether oxygens (including phenoxy) is 1. The van der Waals surface area contributed by atoms with Crippen LogP contribution in [-0.4, -0.2) is 6.61 Å². The second-order valence-electron chi connectivity index (χ2n) is 3.56. The van der Waals surface area contributed by atoms with Crippen LogP contribution in [0.5, 0.6) is 5.75 Å². The molecule has 0 atom stereocenters. The maximum absolute atomic E-state index is 6.02. The Bertz CT molecular complexity index is 352. The molecule has 0 spiro atoms. The molecule has 1 aliphatic rings. The average molecular weight is 324 g/mol. The molecule has 0 saturated heterocycles. The lowest BCUT2D eigenvalue weighted by molar-refractivity contribution is 0.300. The van der Waals surface area contributed by atoms with Crippen LogP contribution in [0, 0.1) is 9.49 Å². The van der Waals surface area contributed by atoms with Crippen molar-refractivity contribution in [3.8, 4) is 5.75 Å². The van der Waals surface area contributed by atoms with Gasteiger partial charge in [0.05, 0.1) is 11.6 Å². The van der Waals surface area contributed by atoms with Gasteiger partial charge in [-0.3, -0.25) is 0 Å². The number of hydrogen-bond acceptors (Lipinski definition) is 2. The van der Waals surface area contributed by atoms with E-state index in [1.165, 1.54) is 12.8 Å². The molecule has 14 heavy (non-hydrogen) atoms. The molecule has 0 aromatic heterocycles. The minimum atomic E-state index is 0.643. The quantitative estimate of drug-likeness (QED) is 0.684. The molecule has 0 unspecified atom stereocenters. The molecule has 1 fully saturated rings. The van der Waals surface area contributed by atoms with Crippen molar-refractivity contribution in [3.05, 3.63) is 20.7 Å². The molecular formula is C10H11ClINO. The van der Waals surface area contributed by atoms with Gasteiger partial charge in [0.25, 0.3) is 0 Å². The lowest BCUT2D eigenvalue weighted by Gasteiger charge is -2.09. The minimum Gasteiger partial charge on any atom is -0.492 e. The first-order valence-electron chi connectivity index (χ1n) is 4.54. The number of halogens is 2. The number of rotatable bonds is 3. The van der Waals surface area contributed by atoms with Crippen LogP contribution in [0.4, 0.5) is 5.69 Å². The maximum Gasteiger partial charge on any atom is 0.140 e. The number of anilines is 1. The van der Waals surface area contributed by atoms with E-state index in [1.54, 1.807) is 6.07 Å². The lowest BCUT2D eigenvalue weighted by Crippen LogP contribution is -2.00. The van der Waals surface area contributed by atoms with E-state index in [9.17, 15) is 0 Å². The topological polar surface area (TPSA) is 35.2 Å². The zero-order valence-electron chi connectivity index (χ0n) is 7.59. The molecule has 0 bridgehead atoms. The molecule has 1 saturated carbocycles. The largest absolute Gasteiger partial charge is 0.492 e. The van der Waals surface area contributed by atoms with Crippen molar-refractivity contribution < 1.29 is 4.74 Å². The van der Waals surface area contributed by atoms with Gasteiger partial charge in [-0.25, -0.2) is 0 Å². The number of nitrogens with two attached hydrogens (primary N) is 1. The van der Waals surface area contributed by atoms with Crippen LogP contribution in [0.25, 0.3) is 0 Å². The highest BCUT2D eigenvalue weighted by molar-refractivity contribution is 14.1. The van der Waals surface area contributed by atoms with E-state index in [4.69, 9.17) is 22.1 Å².